The summed E-state index contributed by atoms with van der Waals surface area (Å²) in [6, 6.07) is 1.44. The molecule has 4 nitrogen and oxygen atoms in total. The standard InChI is InChI=1S/C11H15Cl2N3O/c1-3-4-5-6-16(2)11(17)8-7-9(12)14-15-10(8)13/h7H,3-6H2,1-2H3. The number of nitrogens with zero attached hydrogens (tertiary/aromatic N) is 3. The van der Waals surface area contributed by atoms with Crippen LogP contribution in [-0.2, 0) is 0 Å². The van der Waals surface area contributed by atoms with Gasteiger partial charge < -0.3 is 4.90 Å². The zero-order valence-electron chi connectivity index (χ0n) is 9.91. The van der Waals surface area contributed by atoms with Gasteiger partial charge in [-0.3, -0.25) is 4.79 Å². The highest BCUT2D eigenvalue weighted by Gasteiger charge is 2.16. The number of halogens is 2. The van der Waals surface area contributed by atoms with Crippen LogP contribution in [0.3, 0.4) is 0 Å². The first-order valence-electron chi connectivity index (χ1n) is 5.50. The number of carbonyl (C=O) groups excluding carboxylic acids is 1. The maximum atomic E-state index is 12.0. The average Bonchev–Trinajstić information content (AvgIpc) is 2.31. The van der Waals surface area contributed by atoms with E-state index in [1.165, 1.54) is 6.07 Å². The molecule has 0 aromatic carbocycles. The van der Waals surface area contributed by atoms with Crippen molar-refractivity contribution in [2.75, 3.05) is 13.6 Å². The lowest BCUT2D eigenvalue weighted by Crippen LogP contribution is -2.28. The van der Waals surface area contributed by atoms with E-state index in [4.69, 9.17) is 23.2 Å². The van der Waals surface area contributed by atoms with Crippen LogP contribution in [0.5, 0.6) is 0 Å². The minimum absolute atomic E-state index is 0.0849. The topological polar surface area (TPSA) is 46.1 Å². The number of rotatable bonds is 5. The van der Waals surface area contributed by atoms with Crippen LogP contribution < -0.4 is 0 Å². The van der Waals surface area contributed by atoms with E-state index in [1.807, 2.05) is 0 Å². The molecule has 1 aromatic rings. The van der Waals surface area contributed by atoms with Crippen LogP contribution >= 0.6 is 23.2 Å². The third-order valence-corrected chi connectivity index (χ3v) is 2.86. The van der Waals surface area contributed by atoms with E-state index in [1.54, 1.807) is 11.9 Å². The Bertz CT molecular complexity index is 398. The van der Waals surface area contributed by atoms with Crippen LogP contribution in [0.4, 0.5) is 0 Å². The number of hydrogen-bond acceptors (Lipinski definition) is 3. The summed E-state index contributed by atoms with van der Waals surface area (Å²) < 4.78 is 0. The molecule has 0 aliphatic heterocycles. The average molecular weight is 276 g/mol. The van der Waals surface area contributed by atoms with Gasteiger partial charge >= 0.3 is 0 Å². The number of amides is 1. The van der Waals surface area contributed by atoms with Crippen LogP contribution in [0.1, 0.15) is 36.5 Å². The Balaban J connectivity index is 2.71. The molecule has 0 unspecified atom stereocenters. The molecule has 0 aliphatic carbocycles. The second-order valence-electron chi connectivity index (χ2n) is 3.81. The second kappa shape index (κ2) is 6.77. The minimum atomic E-state index is -0.178. The van der Waals surface area contributed by atoms with E-state index in [-0.39, 0.29) is 16.2 Å². The van der Waals surface area contributed by atoms with Gasteiger partial charge in [-0.1, -0.05) is 43.0 Å². The van der Waals surface area contributed by atoms with Crippen molar-refractivity contribution < 1.29 is 4.79 Å². The number of unbranched alkanes of at least 4 members (excludes halogenated alkanes) is 2. The molecule has 17 heavy (non-hydrogen) atoms. The van der Waals surface area contributed by atoms with Gasteiger partial charge in [-0.15, -0.1) is 10.2 Å². The Labute approximate surface area is 111 Å². The largest absolute Gasteiger partial charge is 0.342 e. The molecule has 1 aromatic heterocycles. The van der Waals surface area contributed by atoms with E-state index in [0.29, 0.717) is 12.1 Å². The van der Waals surface area contributed by atoms with Crippen LogP contribution in [-0.4, -0.2) is 34.6 Å². The highest BCUT2D eigenvalue weighted by atomic mass is 35.5. The van der Waals surface area contributed by atoms with Crippen LogP contribution in [0.25, 0.3) is 0 Å². The van der Waals surface area contributed by atoms with E-state index >= 15 is 0 Å². The summed E-state index contributed by atoms with van der Waals surface area (Å²) in [5, 5.41) is 7.44. The van der Waals surface area contributed by atoms with Gasteiger partial charge in [0.1, 0.15) is 0 Å². The van der Waals surface area contributed by atoms with Gasteiger partial charge in [0.15, 0.2) is 10.3 Å². The van der Waals surface area contributed by atoms with Crippen molar-refractivity contribution >= 4 is 29.1 Å². The van der Waals surface area contributed by atoms with E-state index in [9.17, 15) is 4.79 Å². The molecule has 6 heteroatoms. The highest BCUT2D eigenvalue weighted by Crippen LogP contribution is 2.17. The smallest absolute Gasteiger partial charge is 0.256 e. The molecule has 1 heterocycles. The molecule has 94 valence electrons. The molecule has 0 N–H and O–H groups in total. The summed E-state index contributed by atoms with van der Waals surface area (Å²) in [4.78, 5) is 13.6. The Hall–Kier alpha value is -0.870. The first kappa shape index (κ1) is 14.2. The summed E-state index contributed by atoms with van der Waals surface area (Å²) in [5.41, 5.74) is 0.297. The van der Waals surface area contributed by atoms with Gasteiger partial charge in [0, 0.05) is 13.6 Å². The van der Waals surface area contributed by atoms with E-state index < -0.39 is 0 Å². The molecule has 0 fully saturated rings. The van der Waals surface area contributed by atoms with Crippen molar-refractivity contribution in [1.82, 2.24) is 15.1 Å². The zero-order chi connectivity index (χ0) is 12.8. The van der Waals surface area contributed by atoms with Crippen molar-refractivity contribution in [2.24, 2.45) is 0 Å². The van der Waals surface area contributed by atoms with Crippen molar-refractivity contribution in [1.29, 1.82) is 0 Å². The lowest BCUT2D eigenvalue weighted by Gasteiger charge is -2.17. The molecule has 1 amide bonds. The fourth-order valence-electron chi connectivity index (χ4n) is 1.41. The quantitative estimate of drug-likeness (QED) is 0.776. The molecule has 0 bridgehead atoms. The molecule has 0 saturated heterocycles. The Morgan fingerprint density at radius 1 is 1.35 bits per heavy atom. The summed E-state index contributed by atoms with van der Waals surface area (Å²) in [6.45, 7) is 2.81. The lowest BCUT2D eigenvalue weighted by atomic mass is 10.2. The predicted octanol–water partition coefficient (Wildman–Crippen LogP) is 3.05. The Kier molecular flexibility index (Phi) is 5.65. The van der Waals surface area contributed by atoms with Crippen LogP contribution in [0, 0.1) is 0 Å². The summed E-state index contributed by atoms with van der Waals surface area (Å²) >= 11 is 11.5. The second-order valence-corrected chi connectivity index (χ2v) is 4.55. The molecule has 1 rings (SSSR count). The van der Waals surface area contributed by atoms with Crippen molar-refractivity contribution in [2.45, 2.75) is 26.2 Å². The zero-order valence-corrected chi connectivity index (χ0v) is 11.4. The first-order valence-corrected chi connectivity index (χ1v) is 6.26. The van der Waals surface area contributed by atoms with Crippen LogP contribution in [0.2, 0.25) is 10.3 Å². The van der Waals surface area contributed by atoms with Gasteiger partial charge in [-0.05, 0) is 12.5 Å². The molecule has 0 radical (unpaired) electrons. The fraction of sp³-hybridized carbons (Fsp3) is 0.545. The van der Waals surface area contributed by atoms with E-state index in [0.717, 1.165) is 19.3 Å². The van der Waals surface area contributed by atoms with E-state index in [2.05, 4.69) is 17.1 Å². The SMILES string of the molecule is CCCCCN(C)C(=O)c1cc(Cl)nnc1Cl. The monoisotopic (exact) mass is 275 g/mol. The molecule has 0 atom stereocenters. The minimum Gasteiger partial charge on any atom is -0.342 e. The highest BCUT2D eigenvalue weighted by molar-refractivity contribution is 6.34. The van der Waals surface area contributed by atoms with Gasteiger partial charge in [0.25, 0.3) is 5.91 Å². The molecular weight excluding hydrogens is 261 g/mol. The molecular formula is C11H15Cl2N3O. The van der Waals surface area contributed by atoms with Crippen molar-refractivity contribution in [3.05, 3.63) is 21.9 Å². The normalized spacial score (nSPS) is 10.4. The summed E-state index contributed by atoms with van der Waals surface area (Å²) in [5.74, 6) is -0.178. The van der Waals surface area contributed by atoms with Crippen LogP contribution in [0.15, 0.2) is 6.07 Å². The first-order chi connectivity index (χ1) is 8.06. The maximum Gasteiger partial charge on any atom is 0.256 e. The van der Waals surface area contributed by atoms with Gasteiger partial charge in [-0.2, -0.15) is 0 Å². The summed E-state index contributed by atoms with van der Waals surface area (Å²) in [6.07, 6.45) is 3.19. The maximum absolute atomic E-state index is 12.0. The number of carbonyl (C=O) groups is 1. The van der Waals surface area contributed by atoms with Gasteiger partial charge in [-0.25, -0.2) is 0 Å². The number of aromatic nitrogens is 2. The van der Waals surface area contributed by atoms with Gasteiger partial charge in [0.2, 0.25) is 0 Å². The van der Waals surface area contributed by atoms with Crippen molar-refractivity contribution in [3.8, 4) is 0 Å². The summed E-state index contributed by atoms with van der Waals surface area (Å²) in [7, 11) is 1.74. The predicted molar refractivity (Wildman–Crippen MR) is 68.5 cm³/mol. The van der Waals surface area contributed by atoms with Crippen molar-refractivity contribution in [3.63, 3.8) is 0 Å². The molecule has 0 saturated carbocycles. The molecule has 0 spiro atoms. The Morgan fingerprint density at radius 3 is 2.71 bits per heavy atom. The van der Waals surface area contributed by atoms with Gasteiger partial charge in [0.05, 0.1) is 5.56 Å². The number of hydrogen-bond donors (Lipinski definition) is 0. The molecule has 0 aliphatic rings. The fourth-order valence-corrected chi connectivity index (χ4v) is 1.73. The third kappa shape index (κ3) is 4.13. The lowest BCUT2D eigenvalue weighted by molar-refractivity contribution is 0.0792. The Morgan fingerprint density at radius 2 is 2.06 bits per heavy atom. The third-order valence-electron chi connectivity index (χ3n) is 2.39.